The molecule has 0 unspecified atom stereocenters. The van der Waals surface area contributed by atoms with Gasteiger partial charge in [-0.15, -0.1) is 0 Å². The highest BCUT2D eigenvalue weighted by Gasteiger charge is 2.29. The first-order chi connectivity index (χ1) is 11.5. The summed E-state index contributed by atoms with van der Waals surface area (Å²) in [5.41, 5.74) is 0.674. The second-order valence-electron chi connectivity index (χ2n) is 6.45. The summed E-state index contributed by atoms with van der Waals surface area (Å²) in [6.07, 6.45) is 1.60. The van der Waals surface area contributed by atoms with Crippen LogP contribution in [-0.4, -0.2) is 42.8 Å². The molecule has 7 nitrogen and oxygen atoms in total. The van der Waals surface area contributed by atoms with Crippen molar-refractivity contribution in [2.45, 2.75) is 32.7 Å². The van der Waals surface area contributed by atoms with Crippen molar-refractivity contribution < 1.29 is 19.1 Å². The van der Waals surface area contributed by atoms with Crippen LogP contribution in [0.1, 0.15) is 26.7 Å². The predicted octanol–water partition coefficient (Wildman–Crippen LogP) is 2.18. The Labute approximate surface area is 141 Å². The van der Waals surface area contributed by atoms with Crippen LogP contribution in [0.4, 0.5) is 10.5 Å². The number of amides is 3. The molecule has 0 aliphatic carbocycles. The van der Waals surface area contributed by atoms with E-state index in [2.05, 4.69) is 10.6 Å². The number of ether oxygens (including phenoxy) is 2. The quantitative estimate of drug-likeness (QED) is 0.888. The van der Waals surface area contributed by atoms with Gasteiger partial charge in [-0.1, -0.05) is 0 Å². The number of anilines is 1. The van der Waals surface area contributed by atoms with Crippen LogP contribution in [0.3, 0.4) is 0 Å². The van der Waals surface area contributed by atoms with Crippen LogP contribution in [0, 0.1) is 5.92 Å². The molecule has 24 heavy (non-hydrogen) atoms. The molecule has 1 fully saturated rings. The number of carbonyl (C=O) groups is 2. The first kappa shape index (κ1) is 16.4. The number of hydrogen-bond donors (Lipinski definition) is 2. The molecular weight excluding hydrogens is 310 g/mol. The fourth-order valence-electron chi connectivity index (χ4n) is 2.93. The lowest BCUT2D eigenvalue weighted by molar-refractivity contribution is -0.121. The summed E-state index contributed by atoms with van der Waals surface area (Å²) in [7, 11) is 0. The first-order valence-electron chi connectivity index (χ1n) is 8.29. The molecule has 1 aromatic rings. The third-order valence-corrected chi connectivity index (χ3v) is 4.13. The van der Waals surface area contributed by atoms with Gasteiger partial charge in [-0.2, -0.15) is 0 Å². The molecule has 0 bridgehead atoms. The minimum Gasteiger partial charge on any atom is -0.454 e. The normalized spacial score (nSPS) is 19.3. The fourth-order valence-corrected chi connectivity index (χ4v) is 2.93. The zero-order valence-electron chi connectivity index (χ0n) is 14.0. The van der Waals surface area contributed by atoms with Crippen molar-refractivity contribution in [3.05, 3.63) is 18.2 Å². The van der Waals surface area contributed by atoms with Gasteiger partial charge in [0.2, 0.25) is 12.7 Å². The summed E-state index contributed by atoms with van der Waals surface area (Å²) in [5, 5.41) is 5.78. The van der Waals surface area contributed by atoms with Crippen LogP contribution in [0.2, 0.25) is 0 Å². The summed E-state index contributed by atoms with van der Waals surface area (Å²) in [5.74, 6) is 1.04. The third-order valence-electron chi connectivity index (χ3n) is 4.13. The van der Waals surface area contributed by atoms with Crippen molar-refractivity contribution in [1.29, 1.82) is 0 Å². The van der Waals surface area contributed by atoms with Crippen molar-refractivity contribution in [1.82, 2.24) is 10.2 Å². The summed E-state index contributed by atoms with van der Waals surface area (Å²) >= 11 is 0. The number of piperidine rings is 1. The average Bonchev–Trinajstić information content (AvgIpc) is 3.02. The zero-order valence-corrected chi connectivity index (χ0v) is 14.0. The van der Waals surface area contributed by atoms with Gasteiger partial charge in [0.25, 0.3) is 0 Å². The molecule has 0 spiro atoms. The van der Waals surface area contributed by atoms with E-state index in [1.807, 2.05) is 13.8 Å². The predicted molar refractivity (Wildman–Crippen MR) is 89.2 cm³/mol. The van der Waals surface area contributed by atoms with Crippen LogP contribution < -0.4 is 20.1 Å². The highest BCUT2D eigenvalue weighted by molar-refractivity contribution is 5.93. The Balaban J connectivity index is 1.59. The van der Waals surface area contributed by atoms with Crippen molar-refractivity contribution in [2.75, 3.05) is 25.2 Å². The molecule has 2 aliphatic heterocycles. The van der Waals surface area contributed by atoms with Gasteiger partial charge < -0.3 is 25.0 Å². The maximum Gasteiger partial charge on any atom is 0.317 e. The number of carbonyl (C=O) groups excluding carboxylic acids is 2. The second kappa shape index (κ2) is 6.98. The van der Waals surface area contributed by atoms with Crippen molar-refractivity contribution >= 4 is 17.6 Å². The molecule has 1 aromatic carbocycles. The molecule has 0 radical (unpaired) electrons. The van der Waals surface area contributed by atoms with E-state index in [1.165, 1.54) is 0 Å². The summed E-state index contributed by atoms with van der Waals surface area (Å²) in [6, 6.07) is 5.30. The number of hydrogen-bond acceptors (Lipinski definition) is 4. The Morgan fingerprint density at radius 3 is 2.83 bits per heavy atom. The number of likely N-dealkylation sites (tertiary alicyclic amines) is 1. The van der Waals surface area contributed by atoms with Crippen LogP contribution in [0.15, 0.2) is 18.2 Å². The first-order valence-corrected chi connectivity index (χ1v) is 8.29. The molecule has 0 aromatic heterocycles. The zero-order chi connectivity index (χ0) is 17.1. The van der Waals surface area contributed by atoms with Gasteiger partial charge in [0, 0.05) is 30.9 Å². The van der Waals surface area contributed by atoms with Crippen molar-refractivity contribution in [3.8, 4) is 11.5 Å². The van der Waals surface area contributed by atoms with Gasteiger partial charge in [-0.05, 0) is 38.8 Å². The van der Waals surface area contributed by atoms with E-state index >= 15 is 0 Å². The minimum atomic E-state index is -0.206. The van der Waals surface area contributed by atoms with Gasteiger partial charge in [0.15, 0.2) is 11.5 Å². The number of urea groups is 1. The van der Waals surface area contributed by atoms with E-state index in [0.717, 1.165) is 12.8 Å². The Morgan fingerprint density at radius 1 is 1.25 bits per heavy atom. The van der Waals surface area contributed by atoms with Crippen LogP contribution in [0.25, 0.3) is 0 Å². The Bertz CT molecular complexity index is 632. The molecule has 1 saturated heterocycles. The summed E-state index contributed by atoms with van der Waals surface area (Å²) < 4.78 is 10.6. The van der Waals surface area contributed by atoms with Gasteiger partial charge in [-0.3, -0.25) is 4.79 Å². The monoisotopic (exact) mass is 333 g/mol. The molecule has 3 amide bonds. The number of nitrogens with zero attached hydrogens (tertiary/aromatic N) is 1. The lowest BCUT2D eigenvalue weighted by atomic mass is 9.97. The largest absolute Gasteiger partial charge is 0.454 e. The van der Waals surface area contributed by atoms with Crippen LogP contribution in [-0.2, 0) is 4.79 Å². The maximum atomic E-state index is 12.5. The van der Waals surface area contributed by atoms with E-state index in [1.54, 1.807) is 23.1 Å². The Morgan fingerprint density at radius 2 is 2.04 bits per heavy atom. The molecule has 2 heterocycles. The maximum absolute atomic E-state index is 12.5. The number of nitrogens with one attached hydrogen (secondary N) is 2. The van der Waals surface area contributed by atoms with E-state index in [9.17, 15) is 9.59 Å². The third kappa shape index (κ3) is 3.72. The fraction of sp³-hybridized carbons (Fsp3) is 0.529. The standard InChI is InChI=1S/C17H23N3O4/c1-11(2)18-17(22)20-7-3-4-12(9-20)16(21)19-13-5-6-14-15(8-13)24-10-23-14/h5-6,8,11-12H,3-4,7,9-10H2,1-2H3,(H,18,22)(H,19,21)/t12-/m1/s1. The van der Waals surface area contributed by atoms with Gasteiger partial charge in [-0.25, -0.2) is 4.79 Å². The van der Waals surface area contributed by atoms with E-state index in [0.29, 0.717) is 30.3 Å². The lowest BCUT2D eigenvalue weighted by Crippen LogP contribution is -2.49. The summed E-state index contributed by atoms with van der Waals surface area (Å²) in [4.78, 5) is 26.3. The van der Waals surface area contributed by atoms with Crippen molar-refractivity contribution in [2.24, 2.45) is 5.92 Å². The smallest absolute Gasteiger partial charge is 0.317 e. The molecule has 7 heteroatoms. The molecule has 0 saturated carbocycles. The Hall–Kier alpha value is -2.44. The molecule has 130 valence electrons. The van der Waals surface area contributed by atoms with Crippen LogP contribution >= 0.6 is 0 Å². The SMILES string of the molecule is CC(C)NC(=O)N1CCC[C@@H](C(=O)Nc2ccc3c(c2)OCO3)C1. The van der Waals surface area contributed by atoms with Gasteiger partial charge in [0.1, 0.15) is 0 Å². The number of rotatable bonds is 3. The summed E-state index contributed by atoms with van der Waals surface area (Å²) in [6.45, 7) is 5.17. The lowest BCUT2D eigenvalue weighted by Gasteiger charge is -2.32. The van der Waals surface area contributed by atoms with Crippen LogP contribution in [0.5, 0.6) is 11.5 Å². The van der Waals surface area contributed by atoms with E-state index in [-0.39, 0.29) is 30.7 Å². The average molecular weight is 333 g/mol. The highest BCUT2D eigenvalue weighted by atomic mass is 16.7. The molecule has 2 N–H and O–H groups in total. The van der Waals surface area contributed by atoms with Gasteiger partial charge in [0.05, 0.1) is 5.92 Å². The molecule has 3 rings (SSSR count). The number of fused-ring (bicyclic) bond motifs is 1. The topological polar surface area (TPSA) is 79.9 Å². The highest BCUT2D eigenvalue weighted by Crippen LogP contribution is 2.34. The number of benzene rings is 1. The second-order valence-corrected chi connectivity index (χ2v) is 6.45. The molecular formula is C17H23N3O4. The molecule has 1 atom stereocenters. The van der Waals surface area contributed by atoms with E-state index in [4.69, 9.17) is 9.47 Å². The minimum absolute atomic E-state index is 0.0732. The van der Waals surface area contributed by atoms with E-state index < -0.39 is 0 Å². The Kier molecular flexibility index (Phi) is 4.78. The van der Waals surface area contributed by atoms with Crippen molar-refractivity contribution in [3.63, 3.8) is 0 Å². The molecule has 2 aliphatic rings. The van der Waals surface area contributed by atoms with Gasteiger partial charge >= 0.3 is 6.03 Å².